The molecule has 0 unspecified atom stereocenters. The fourth-order valence-electron chi connectivity index (χ4n) is 9.94. The molecule has 2 aromatic heterocycles. The number of hydrogen-bond acceptors (Lipinski definition) is 1. The van der Waals surface area contributed by atoms with Crippen LogP contribution >= 0.6 is 0 Å². The number of furan rings is 1. The Kier molecular flexibility index (Phi) is 10.6. The molecule has 0 aliphatic rings. The van der Waals surface area contributed by atoms with Gasteiger partial charge in [-0.1, -0.05) is 189 Å². The van der Waals surface area contributed by atoms with E-state index in [1.165, 1.54) is 77.5 Å². The molecule has 0 spiro atoms. The maximum Gasteiger partial charge on any atom is 0.135 e. The first-order valence-corrected chi connectivity index (χ1v) is 23.6. The third-order valence-electron chi connectivity index (χ3n) is 13.6. The summed E-state index contributed by atoms with van der Waals surface area (Å²) in [6, 6.07) is 87.2. The topological polar surface area (TPSA) is 18.1 Å². The average Bonchev–Trinajstić information content (AvgIpc) is 3.93. The zero-order chi connectivity index (χ0) is 46.3. The summed E-state index contributed by atoms with van der Waals surface area (Å²) in [5, 5.41) is 3.51. The Hall–Kier alpha value is -8.98. The average molecular weight is 882 g/mol. The molecule has 2 nitrogen and oxygen atoms in total. The van der Waals surface area contributed by atoms with Gasteiger partial charge in [-0.15, -0.1) is 0 Å². The van der Waals surface area contributed by atoms with Crippen molar-refractivity contribution < 1.29 is 4.42 Å². The molecular weight excluding hydrogens is 835 g/mol. The molecule has 0 aliphatic heterocycles. The van der Waals surface area contributed by atoms with Gasteiger partial charge in [0.15, 0.2) is 0 Å². The van der Waals surface area contributed by atoms with E-state index < -0.39 is 0 Å². The molecule has 0 atom stereocenters. The van der Waals surface area contributed by atoms with E-state index in [0.29, 0.717) is 0 Å². The Labute approximate surface area is 403 Å². The van der Waals surface area contributed by atoms with E-state index in [0.717, 1.165) is 50.2 Å². The normalized spacial score (nSPS) is 11.6. The Morgan fingerprint density at radius 3 is 1.20 bits per heavy atom. The van der Waals surface area contributed by atoms with E-state index in [9.17, 15) is 0 Å². The SMILES string of the molecule is C=C(/C=C\c1oc2ccc(-c3cccc(-c4cccc(-c5cccc(-c6cccc(-c7cccc(-c8ccccc8)c7)c6)c5)c4)c3)cc2c1C)n1c2ccccc2c2cc(-c3ccccc3)ccc21. The smallest absolute Gasteiger partial charge is 0.135 e. The van der Waals surface area contributed by atoms with Crippen LogP contribution in [0.4, 0.5) is 0 Å². The number of aromatic nitrogens is 1. The first-order chi connectivity index (χ1) is 34.0. The van der Waals surface area contributed by atoms with E-state index in [4.69, 9.17) is 4.42 Å². The van der Waals surface area contributed by atoms with E-state index in [1.807, 2.05) is 0 Å². The third kappa shape index (κ3) is 7.99. The molecule has 12 aromatic rings. The minimum absolute atomic E-state index is 0.825. The van der Waals surface area contributed by atoms with E-state index >= 15 is 0 Å². The quantitative estimate of drug-likeness (QED) is 0.125. The molecule has 0 saturated heterocycles. The van der Waals surface area contributed by atoms with Gasteiger partial charge in [0, 0.05) is 27.4 Å². The minimum Gasteiger partial charge on any atom is -0.456 e. The van der Waals surface area contributed by atoms with Crippen LogP contribution in [0.15, 0.2) is 260 Å². The van der Waals surface area contributed by atoms with Gasteiger partial charge in [0.1, 0.15) is 11.3 Å². The summed E-state index contributed by atoms with van der Waals surface area (Å²) >= 11 is 0. The maximum absolute atomic E-state index is 6.49. The van der Waals surface area contributed by atoms with Crippen LogP contribution in [0.5, 0.6) is 0 Å². The highest BCUT2D eigenvalue weighted by atomic mass is 16.3. The summed E-state index contributed by atoms with van der Waals surface area (Å²) in [5.41, 5.74) is 21.7. The van der Waals surface area contributed by atoms with Crippen molar-refractivity contribution in [2.45, 2.75) is 6.92 Å². The standard InChI is InChI=1S/C67H47NO/c1-45(68-64-31-10-9-30-61(64)63-44-59(33-35-65(63)68)48-18-7-4-8-19-48)32-36-66-46(2)62-43-60(34-37-67(62)69-66)58-29-15-28-57(42-58)56-27-14-26-55(41-56)54-25-13-24-53(40-54)52-23-12-22-51(39-52)50-21-11-20-49(38-50)47-16-5-3-6-17-47/h3-44H,1H2,2H3/b36-32-. The predicted octanol–water partition coefficient (Wildman–Crippen LogP) is 18.7. The molecule has 12 rings (SSSR count). The molecular formula is C67H47NO. The van der Waals surface area contributed by atoms with Gasteiger partial charge in [-0.25, -0.2) is 0 Å². The van der Waals surface area contributed by atoms with Crippen LogP contribution in [-0.2, 0) is 0 Å². The Balaban J connectivity index is 0.797. The van der Waals surface area contributed by atoms with Crippen molar-refractivity contribution >= 4 is 44.5 Å². The van der Waals surface area contributed by atoms with E-state index in [1.54, 1.807) is 0 Å². The second kappa shape index (κ2) is 17.7. The number of fused-ring (bicyclic) bond motifs is 4. The van der Waals surface area contributed by atoms with E-state index in [2.05, 4.69) is 273 Å². The van der Waals surface area contributed by atoms with Crippen molar-refractivity contribution in [3.63, 3.8) is 0 Å². The molecule has 10 aromatic carbocycles. The largest absolute Gasteiger partial charge is 0.456 e. The lowest BCUT2D eigenvalue weighted by Crippen LogP contribution is -1.92. The van der Waals surface area contributed by atoms with E-state index in [-0.39, 0.29) is 0 Å². The van der Waals surface area contributed by atoms with Crippen molar-refractivity contribution in [1.82, 2.24) is 4.57 Å². The molecule has 0 bridgehead atoms. The zero-order valence-corrected chi connectivity index (χ0v) is 38.3. The number of nitrogens with zero attached hydrogens (tertiary/aromatic N) is 1. The highest BCUT2D eigenvalue weighted by molar-refractivity contribution is 6.11. The van der Waals surface area contributed by atoms with Crippen LogP contribution in [-0.4, -0.2) is 4.57 Å². The fraction of sp³-hybridized carbons (Fsp3) is 0.0149. The van der Waals surface area contributed by atoms with Gasteiger partial charge < -0.3 is 8.98 Å². The number of rotatable bonds is 10. The molecule has 0 N–H and O–H groups in total. The maximum atomic E-state index is 6.49. The van der Waals surface area contributed by atoms with Crippen LogP contribution in [0.25, 0.3) is 122 Å². The molecule has 0 amide bonds. The van der Waals surface area contributed by atoms with Crippen LogP contribution in [0.2, 0.25) is 0 Å². The lowest BCUT2D eigenvalue weighted by molar-refractivity contribution is 0.601. The Bertz CT molecular complexity index is 3920. The lowest BCUT2D eigenvalue weighted by atomic mass is 9.93. The van der Waals surface area contributed by atoms with Crippen molar-refractivity contribution in [2.75, 3.05) is 0 Å². The van der Waals surface area contributed by atoms with Gasteiger partial charge in [-0.3, -0.25) is 0 Å². The van der Waals surface area contributed by atoms with Crippen LogP contribution < -0.4 is 0 Å². The summed E-state index contributed by atoms with van der Waals surface area (Å²) < 4.78 is 8.74. The molecule has 0 fully saturated rings. The third-order valence-corrected chi connectivity index (χ3v) is 13.6. The molecule has 326 valence electrons. The second-order valence-electron chi connectivity index (χ2n) is 17.8. The first-order valence-electron chi connectivity index (χ1n) is 23.6. The van der Waals surface area contributed by atoms with Crippen molar-refractivity contribution in [3.05, 3.63) is 267 Å². The van der Waals surface area contributed by atoms with Gasteiger partial charge in [-0.2, -0.15) is 0 Å². The summed E-state index contributed by atoms with van der Waals surface area (Å²) in [5.74, 6) is 0.825. The molecule has 0 aliphatic carbocycles. The van der Waals surface area contributed by atoms with Gasteiger partial charge in [0.05, 0.1) is 11.0 Å². The summed E-state index contributed by atoms with van der Waals surface area (Å²) in [6.45, 7) is 6.70. The van der Waals surface area contributed by atoms with Gasteiger partial charge in [0.2, 0.25) is 0 Å². The van der Waals surface area contributed by atoms with Crippen LogP contribution in [0, 0.1) is 6.92 Å². The van der Waals surface area contributed by atoms with Crippen LogP contribution in [0.1, 0.15) is 11.3 Å². The number of para-hydroxylation sites is 1. The zero-order valence-electron chi connectivity index (χ0n) is 38.3. The van der Waals surface area contributed by atoms with Gasteiger partial charge >= 0.3 is 0 Å². The molecule has 0 radical (unpaired) electrons. The number of hydrogen-bond donors (Lipinski definition) is 0. The lowest BCUT2D eigenvalue weighted by Gasteiger charge is -2.11. The second-order valence-corrected chi connectivity index (χ2v) is 17.8. The monoisotopic (exact) mass is 881 g/mol. The van der Waals surface area contributed by atoms with Crippen molar-refractivity contribution in [3.8, 4) is 77.9 Å². The molecule has 2 heteroatoms. The minimum atomic E-state index is 0.825. The number of allylic oxidation sites excluding steroid dienone is 2. The van der Waals surface area contributed by atoms with Gasteiger partial charge in [-0.05, 0) is 158 Å². The predicted molar refractivity (Wildman–Crippen MR) is 293 cm³/mol. The Morgan fingerprint density at radius 1 is 0.348 bits per heavy atom. The highest BCUT2D eigenvalue weighted by Gasteiger charge is 2.15. The Morgan fingerprint density at radius 2 is 0.710 bits per heavy atom. The summed E-state index contributed by atoms with van der Waals surface area (Å²) in [6.07, 6.45) is 4.13. The number of benzene rings is 10. The molecule has 2 heterocycles. The summed E-state index contributed by atoms with van der Waals surface area (Å²) in [4.78, 5) is 0. The highest BCUT2D eigenvalue weighted by Crippen LogP contribution is 2.38. The summed E-state index contributed by atoms with van der Waals surface area (Å²) in [7, 11) is 0. The van der Waals surface area contributed by atoms with Crippen molar-refractivity contribution in [2.24, 2.45) is 0 Å². The number of aryl methyl sites for hydroxylation is 1. The first kappa shape index (κ1) is 41.5. The van der Waals surface area contributed by atoms with Crippen LogP contribution in [0.3, 0.4) is 0 Å². The molecule has 69 heavy (non-hydrogen) atoms. The molecule has 0 saturated carbocycles. The fourth-order valence-corrected chi connectivity index (χ4v) is 9.94. The van der Waals surface area contributed by atoms with Crippen molar-refractivity contribution in [1.29, 1.82) is 0 Å². The van der Waals surface area contributed by atoms with Gasteiger partial charge in [0.25, 0.3) is 0 Å².